The third kappa shape index (κ3) is 4.79. The van der Waals surface area contributed by atoms with E-state index in [1.165, 1.54) is 6.08 Å². The Balaban J connectivity index is 2.44. The minimum absolute atomic E-state index is 0.147. The van der Waals surface area contributed by atoms with E-state index in [4.69, 9.17) is 4.74 Å². The predicted molar refractivity (Wildman–Crippen MR) is 91.1 cm³/mol. The third-order valence-electron chi connectivity index (χ3n) is 3.89. The van der Waals surface area contributed by atoms with Crippen LogP contribution in [0.5, 0.6) is 11.5 Å². The van der Waals surface area contributed by atoms with Crippen LogP contribution in [0.15, 0.2) is 35.4 Å². The van der Waals surface area contributed by atoms with Crippen LogP contribution in [0.1, 0.15) is 47.4 Å². The molecule has 6 nitrogen and oxygen atoms in total. The van der Waals surface area contributed by atoms with Gasteiger partial charge in [0.2, 0.25) is 0 Å². The quantitative estimate of drug-likeness (QED) is 0.446. The largest absolute Gasteiger partial charge is 0.507 e. The highest BCUT2D eigenvalue weighted by Gasteiger charge is 2.38. The number of alkyl halides is 3. The summed E-state index contributed by atoms with van der Waals surface area (Å²) >= 11 is 0. The van der Waals surface area contributed by atoms with Crippen molar-refractivity contribution in [3.8, 4) is 11.5 Å². The number of carbonyl (C=O) groups excluding carboxylic acids is 3. The van der Waals surface area contributed by atoms with Crippen molar-refractivity contribution in [1.82, 2.24) is 0 Å². The zero-order valence-corrected chi connectivity index (χ0v) is 15.0. The zero-order chi connectivity index (χ0) is 21.2. The number of hydrogen-bond acceptors (Lipinski definition) is 6. The Hall–Kier alpha value is -3.10. The van der Waals surface area contributed by atoms with Gasteiger partial charge in [-0.2, -0.15) is 13.2 Å². The number of ether oxygens (including phenoxy) is 1. The molecule has 1 atom stereocenters. The summed E-state index contributed by atoms with van der Waals surface area (Å²) in [6, 6.07) is 2.03. The van der Waals surface area contributed by atoms with Gasteiger partial charge in [0, 0.05) is 12.0 Å². The minimum Gasteiger partial charge on any atom is -0.507 e. The van der Waals surface area contributed by atoms with E-state index in [2.05, 4.69) is 0 Å². The number of hydrogen-bond donors (Lipinski definition) is 2. The number of ketones is 2. The van der Waals surface area contributed by atoms with Crippen molar-refractivity contribution in [3.05, 3.63) is 46.6 Å². The number of fused-ring (bicyclic) bond motifs is 1. The van der Waals surface area contributed by atoms with Gasteiger partial charge in [-0.25, -0.2) is 0 Å². The van der Waals surface area contributed by atoms with E-state index < -0.39 is 58.9 Å². The van der Waals surface area contributed by atoms with Gasteiger partial charge in [0.1, 0.15) is 24.0 Å². The Kier molecular flexibility index (Phi) is 5.96. The smallest absolute Gasteiger partial charge is 0.399 e. The maximum Gasteiger partial charge on any atom is 0.399 e. The Bertz CT molecular complexity index is 892. The number of allylic oxidation sites excluding steroid dienone is 2. The van der Waals surface area contributed by atoms with Crippen molar-refractivity contribution in [1.29, 1.82) is 0 Å². The minimum atomic E-state index is -4.80. The lowest BCUT2D eigenvalue weighted by Gasteiger charge is -2.23. The number of aromatic hydroxyl groups is 2. The molecular formula is C19H17F3O6. The summed E-state index contributed by atoms with van der Waals surface area (Å²) in [5.41, 5.74) is -0.549. The van der Waals surface area contributed by atoms with Crippen molar-refractivity contribution in [2.75, 3.05) is 0 Å². The molecular weight excluding hydrogens is 381 g/mol. The van der Waals surface area contributed by atoms with E-state index >= 15 is 0 Å². The zero-order valence-electron chi connectivity index (χ0n) is 15.0. The van der Waals surface area contributed by atoms with Crippen LogP contribution in [0.3, 0.4) is 0 Å². The molecule has 0 saturated heterocycles. The van der Waals surface area contributed by atoms with Gasteiger partial charge in [0.15, 0.2) is 11.6 Å². The summed E-state index contributed by atoms with van der Waals surface area (Å²) in [6.45, 7) is 3.38. The van der Waals surface area contributed by atoms with Crippen LogP contribution < -0.4 is 0 Å². The standard InChI is InChI=1S/C19H17F3O6/c1-9(2)3-6-14(28-15(26)8-19(20,21)22)10-7-13(25)16-11(23)4-5-12(24)17(16)18(10)27/h3-5,7,14,23-24H,6,8H2,1-2H3. The predicted octanol–water partition coefficient (Wildman–Crippen LogP) is 3.62. The van der Waals surface area contributed by atoms with Crippen molar-refractivity contribution in [2.24, 2.45) is 0 Å². The van der Waals surface area contributed by atoms with Crippen LogP contribution in [0.25, 0.3) is 0 Å². The van der Waals surface area contributed by atoms with Crippen LogP contribution in [-0.4, -0.2) is 40.0 Å². The molecule has 0 saturated carbocycles. The van der Waals surface area contributed by atoms with E-state index in [0.29, 0.717) is 0 Å². The molecule has 1 aliphatic rings. The summed E-state index contributed by atoms with van der Waals surface area (Å²) in [4.78, 5) is 36.7. The van der Waals surface area contributed by atoms with E-state index in [0.717, 1.165) is 23.8 Å². The van der Waals surface area contributed by atoms with Crippen LogP contribution in [-0.2, 0) is 9.53 Å². The van der Waals surface area contributed by atoms with Gasteiger partial charge >= 0.3 is 12.1 Å². The molecule has 0 bridgehead atoms. The SMILES string of the molecule is CC(C)=CCC(OC(=O)CC(F)(F)F)C1=CC(=O)c2c(O)ccc(O)c2C1=O. The molecule has 1 aliphatic carbocycles. The van der Waals surface area contributed by atoms with E-state index in [9.17, 15) is 37.8 Å². The molecule has 0 heterocycles. The van der Waals surface area contributed by atoms with Crippen LogP contribution in [0.2, 0.25) is 0 Å². The number of phenols is 2. The number of esters is 1. The number of phenolic OH excluding ortho intramolecular Hbond substituents is 2. The van der Waals surface area contributed by atoms with Gasteiger partial charge in [-0.1, -0.05) is 11.6 Å². The van der Waals surface area contributed by atoms with Gasteiger partial charge in [-0.05, 0) is 32.1 Å². The number of carbonyl (C=O) groups is 3. The molecule has 2 N–H and O–H groups in total. The summed E-state index contributed by atoms with van der Waals surface area (Å²) in [7, 11) is 0. The molecule has 0 spiro atoms. The molecule has 0 fully saturated rings. The molecule has 1 unspecified atom stereocenters. The van der Waals surface area contributed by atoms with E-state index in [-0.39, 0.29) is 12.0 Å². The average Bonchev–Trinajstić information content (AvgIpc) is 2.55. The van der Waals surface area contributed by atoms with E-state index in [1.807, 2.05) is 0 Å². The summed E-state index contributed by atoms with van der Waals surface area (Å²) < 4.78 is 42.1. The Morgan fingerprint density at radius 2 is 1.71 bits per heavy atom. The summed E-state index contributed by atoms with van der Waals surface area (Å²) in [5.74, 6) is -4.48. The van der Waals surface area contributed by atoms with Crippen LogP contribution >= 0.6 is 0 Å². The highest BCUT2D eigenvalue weighted by Crippen LogP contribution is 2.36. The molecule has 9 heteroatoms. The molecule has 28 heavy (non-hydrogen) atoms. The first-order valence-electron chi connectivity index (χ1n) is 8.16. The second-order valence-electron chi connectivity index (χ2n) is 6.43. The number of benzene rings is 1. The first-order valence-corrected chi connectivity index (χ1v) is 8.16. The highest BCUT2D eigenvalue weighted by atomic mass is 19.4. The Labute approximate surface area is 157 Å². The van der Waals surface area contributed by atoms with E-state index in [1.54, 1.807) is 13.8 Å². The van der Waals surface area contributed by atoms with Crippen LogP contribution in [0.4, 0.5) is 13.2 Å². The maximum absolute atomic E-state index is 12.8. The first-order chi connectivity index (χ1) is 12.9. The molecule has 0 radical (unpaired) electrons. The molecule has 1 aromatic carbocycles. The fraction of sp³-hybridized carbons (Fsp3) is 0.316. The van der Waals surface area contributed by atoms with Gasteiger partial charge in [-0.3, -0.25) is 14.4 Å². The van der Waals surface area contributed by atoms with Crippen molar-refractivity contribution in [2.45, 2.75) is 39.0 Å². The first kappa shape index (κ1) is 21.2. The Morgan fingerprint density at radius 3 is 2.25 bits per heavy atom. The topological polar surface area (TPSA) is 101 Å². The molecule has 0 amide bonds. The van der Waals surface area contributed by atoms with Gasteiger partial charge in [-0.15, -0.1) is 0 Å². The molecule has 1 aromatic rings. The maximum atomic E-state index is 12.8. The number of rotatable bonds is 5. The lowest BCUT2D eigenvalue weighted by atomic mass is 9.85. The number of halogens is 3. The summed E-state index contributed by atoms with van der Waals surface area (Å²) in [6.07, 6.45) is -5.93. The second-order valence-corrected chi connectivity index (χ2v) is 6.43. The lowest BCUT2D eigenvalue weighted by molar-refractivity contribution is -0.173. The third-order valence-corrected chi connectivity index (χ3v) is 3.89. The fourth-order valence-corrected chi connectivity index (χ4v) is 2.67. The molecule has 2 rings (SSSR count). The average molecular weight is 398 g/mol. The Morgan fingerprint density at radius 1 is 1.14 bits per heavy atom. The molecule has 0 aromatic heterocycles. The van der Waals surface area contributed by atoms with Gasteiger partial charge < -0.3 is 14.9 Å². The lowest BCUT2D eigenvalue weighted by Crippen LogP contribution is -2.30. The highest BCUT2D eigenvalue weighted by molar-refractivity contribution is 6.27. The van der Waals surface area contributed by atoms with Crippen molar-refractivity contribution < 1.29 is 42.5 Å². The van der Waals surface area contributed by atoms with Crippen molar-refractivity contribution in [3.63, 3.8) is 0 Å². The summed E-state index contributed by atoms with van der Waals surface area (Å²) in [5, 5.41) is 19.8. The van der Waals surface area contributed by atoms with Crippen molar-refractivity contribution >= 4 is 17.5 Å². The van der Waals surface area contributed by atoms with Gasteiger partial charge in [0.05, 0.1) is 11.1 Å². The monoisotopic (exact) mass is 398 g/mol. The molecule has 150 valence electrons. The van der Waals surface area contributed by atoms with Gasteiger partial charge in [0.25, 0.3) is 0 Å². The fourth-order valence-electron chi connectivity index (χ4n) is 2.67. The molecule has 0 aliphatic heterocycles. The van der Waals surface area contributed by atoms with Crippen LogP contribution in [0, 0.1) is 0 Å². The normalized spacial score (nSPS) is 14.8. The number of Topliss-reactive ketones (excluding diaryl/α,β-unsaturated/α-hetero) is 1. The second kappa shape index (κ2) is 7.87.